The number of hydrogen-bond donors (Lipinski definition) is 3. The van der Waals surface area contributed by atoms with E-state index >= 15 is 0 Å². The summed E-state index contributed by atoms with van der Waals surface area (Å²) in [7, 11) is 0. The molecule has 0 saturated heterocycles. The Morgan fingerprint density at radius 1 is 1.00 bits per heavy atom. The number of carboxylic acids is 3. The zero-order valence-electron chi connectivity index (χ0n) is 8.06. The smallest absolute Gasteiger partial charge is 1.00 e. The van der Waals surface area contributed by atoms with Gasteiger partial charge in [-0.3, -0.25) is 14.4 Å². The van der Waals surface area contributed by atoms with Crippen molar-refractivity contribution in [2.24, 2.45) is 5.92 Å². The molecule has 6 nitrogen and oxygen atoms in total. The molecule has 0 aliphatic rings. The quantitative estimate of drug-likeness (QED) is 0.416. The van der Waals surface area contributed by atoms with Gasteiger partial charge in [0.1, 0.15) is 0 Å². The Morgan fingerprint density at radius 2 is 1.31 bits per heavy atom. The summed E-state index contributed by atoms with van der Waals surface area (Å²) in [6.45, 7) is 0. The molecule has 0 unspecified atom stereocenters. The zero-order valence-corrected chi connectivity index (χ0v) is 10.2. The molecule has 0 atom stereocenters. The second-order valence-corrected chi connectivity index (χ2v) is 2.23. The van der Waals surface area contributed by atoms with E-state index in [0.29, 0.717) is 0 Å². The van der Waals surface area contributed by atoms with E-state index in [1.165, 1.54) is 0 Å². The summed E-state index contributed by atoms with van der Waals surface area (Å²) in [5.41, 5.74) is 0. The molecule has 0 fully saturated rings. The topological polar surface area (TPSA) is 112 Å². The Balaban J connectivity index is -0.000000605. The maximum atomic E-state index is 10.2. The van der Waals surface area contributed by atoms with Crippen LogP contribution in [0.1, 0.15) is 14.3 Å². The molecule has 0 aliphatic carbocycles. The fourth-order valence-electron chi connectivity index (χ4n) is 0.668. The number of carbonyl (C=O) groups is 3. The van der Waals surface area contributed by atoms with Crippen molar-refractivity contribution >= 4 is 17.9 Å². The second-order valence-electron chi connectivity index (χ2n) is 2.23. The minimum atomic E-state index is -1.40. The Labute approximate surface area is 118 Å². The molecule has 0 aromatic rings. The van der Waals surface area contributed by atoms with Crippen LogP contribution in [0.4, 0.5) is 0 Å². The van der Waals surface area contributed by atoms with Crippen LogP contribution < -0.4 is 51.4 Å². The van der Waals surface area contributed by atoms with Gasteiger partial charge < -0.3 is 16.7 Å². The van der Waals surface area contributed by atoms with Gasteiger partial charge in [-0.05, 0) is 0 Å². The van der Waals surface area contributed by atoms with Crippen LogP contribution in [0, 0.1) is 5.92 Å². The molecule has 7 heteroatoms. The van der Waals surface area contributed by atoms with Gasteiger partial charge in [-0.1, -0.05) is 0 Å². The van der Waals surface area contributed by atoms with Gasteiger partial charge in [0, 0.05) is 0 Å². The average molecular weight is 216 g/mol. The molecular weight excluding hydrogens is 207 g/mol. The average Bonchev–Trinajstić information content (AvgIpc) is 1.83. The van der Waals surface area contributed by atoms with Gasteiger partial charge in [-0.15, -0.1) is 0 Å². The van der Waals surface area contributed by atoms with Crippen LogP contribution in [0.5, 0.6) is 0 Å². The Morgan fingerprint density at radius 3 is 1.46 bits per heavy atom. The molecule has 0 aliphatic heterocycles. The molecule has 0 aromatic heterocycles. The monoisotopic (exact) mass is 216 g/mol. The minimum absolute atomic E-state index is 0. The van der Waals surface area contributed by atoms with E-state index in [9.17, 15) is 14.4 Å². The van der Waals surface area contributed by atoms with Crippen molar-refractivity contribution in [2.75, 3.05) is 0 Å². The summed E-state index contributed by atoms with van der Waals surface area (Å²) in [5.74, 6) is -5.38. The fraction of sp³-hybridized carbons (Fsp3) is 0.500. The van der Waals surface area contributed by atoms with Crippen molar-refractivity contribution < 1.29 is 82.5 Å². The molecule has 0 aromatic carbocycles. The molecular formula is C6H9KO6. The van der Waals surface area contributed by atoms with Crippen LogP contribution in [0.2, 0.25) is 0 Å². The summed E-state index contributed by atoms with van der Waals surface area (Å²) in [6, 6.07) is 0. The van der Waals surface area contributed by atoms with Crippen molar-refractivity contribution in [3.05, 3.63) is 0 Å². The van der Waals surface area contributed by atoms with Gasteiger partial charge in [-0.2, -0.15) is 0 Å². The minimum Gasteiger partial charge on any atom is -1.00 e. The van der Waals surface area contributed by atoms with Gasteiger partial charge in [0.15, 0.2) is 0 Å². The van der Waals surface area contributed by atoms with E-state index in [0.717, 1.165) is 0 Å². The second kappa shape index (κ2) is 7.45. The summed E-state index contributed by atoms with van der Waals surface area (Å²) < 4.78 is 0. The maximum Gasteiger partial charge on any atom is 1.00 e. The van der Waals surface area contributed by atoms with Crippen molar-refractivity contribution in [1.82, 2.24) is 0 Å². The van der Waals surface area contributed by atoms with E-state index in [-0.39, 0.29) is 52.8 Å². The molecule has 0 amide bonds. The van der Waals surface area contributed by atoms with E-state index in [2.05, 4.69) is 0 Å². The first kappa shape index (κ1) is 15.5. The molecule has 0 saturated carbocycles. The Hall–Kier alpha value is 0.0464. The first-order valence-corrected chi connectivity index (χ1v) is 3.10. The van der Waals surface area contributed by atoms with Crippen LogP contribution in [0.25, 0.3) is 0 Å². The zero-order chi connectivity index (χ0) is 9.72. The first-order valence-electron chi connectivity index (χ1n) is 3.10. The molecule has 13 heavy (non-hydrogen) atoms. The summed E-state index contributed by atoms with van der Waals surface area (Å²) in [4.78, 5) is 30.3. The molecule has 0 bridgehead atoms. The van der Waals surface area contributed by atoms with Crippen LogP contribution >= 0.6 is 0 Å². The van der Waals surface area contributed by atoms with Gasteiger partial charge in [-0.25, -0.2) is 0 Å². The molecule has 0 rings (SSSR count). The normalized spacial score (nSPS) is 9.00. The van der Waals surface area contributed by atoms with Crippen molar-refractivity contribution in [3.8, 4) is 0 Å². The van der Waals surface area contributed by atoms with Crippen molar-refractivity contribution in [2.45, 2.75) is 12.8 Å². The van der Waals surface area contributed by atoms with Gasteiger partial charge >= 0.3 is 69.3 Å². The summed E-state index contributed by atoms with van der Waals surface area (Å²) in [5, 5.41) is 24.7. The largest absolute Gasteiger partial charge is 1.00 e. The van der Waals surface area contributed by atoms with E-state index in [4.69, 9.17) is 15.3 Å². The number of hydrogen-bond acceptors (Lipinski definition) is 3. The van der Waals surface area contributed by atoms with Gasteiger partial charge in [0.25, 0.3) is 0 Å². The van der Waals surface area contributed by atoms with Crippen LogP contribution in [-0.4, -0.2) is 33.2 Å². The predicted octanol–water partition coefficient (Wildman–Crippen LogP) is -3.25. The number of carboxylic acid groups (broad SMARTS) is 3. The standard InChI is InChI=1S/C6H8O6.K.H/c7-4(8)1-3(6(11)12)2-5(9)10;;/h3H,1-2H2,(H,7,8)(H,9,10)(H,11,12);;/q;+1;-1. The third-order valence-electron chi connectivity index (χ3n) is 1.19. The van der Waals surface area contributed by atoms with Crippen molar-refractivity contribution in [1.29, 1.82) is 0 Å². The van der Waals surface area contributed by atoms with Crippen molar-refractivity contribution in [3.63, 3.8) is 0 Å². The van der Waals surface area contributed by atoms with E-state index in [1.54, 1.807) is 0 Å². The van der Waals surface area contributed by atoms with Crippen LogP contribution in [-0.2, 0) is 14.4 Å². The van der Waals surface area contributed by atoms with Crippen LogP contribution in [0.15, 0.2) is 0 Å². The van der Waals surface area contributed by atoms with Gasteiger partial charge in [0.2, 0.25) is 0 Å². The third kappa shape index (κ3) is 8.38. The fourth-order valence-corrected chi connectivity index (χ4v) is 0.668. The van der Waals surface area contributed by atoms with Crippen LogP contribution in [0.3, 0.4) is 0 Å². The number of rotatable bonds is 5. The van der Waals surface area contributed by atoms with E-state index in [1.807, 2.05) is 0 Å². The van der Waals surface area contributed by atoms with Gasteiger partial charge in [0.05, 0.1) is 18.8 Å². The summed E-state index contributed by atoms with van der Waals surface area (Å²) in [6.07, 6.45) is -1.33. The third-order valence-corrected chi connectivity index (χ3v) is 1.19. The molecule has 3 N–H and O–H groups in total. The molecule has 70 valence electrons. The van der Waals surface area contributed by atoms with E-state index < -0.39 is 36.7 Å². The predicted molar refractivity (Wildman–Crippen MR) is 36.7 cm³/mol. The molecule has 0 radical (unpaired) electrons. The SMILES string of the molecule is O=C(O)CC(CC(=O)O)C(=O)O.[H-].[K+]. The Bertz CT molecular complexity index is 202. The summed E-state index contributed by atoms with van der Waals surface area (Å²) >= 11 is 0. The molecule has 0 spiro atoms. The first-order chi connectivity index (χ1) is 5.43. The number of aliphatic carboxylic acids is 3. The molecule has 0 heterocycles. The maximum absolute atomic E-state index is 10.2. The Kier molecular flexibility index (Phi) is 8.89.